The summed E-state index contributed by atoms with van der Waals surface area (Å²) in [5, 5.41) is 11.6. The second-order valence-electron chi connectivity index (χ2n) is 3.34. The van der Waals surface area contributed by atoms with Crippen LogP contribution in [-0.4, -0.2) is 24.2 Å². The van der Waals surface area contributed by atoms with Gasteiger partial charge in [-0.2, -0.15) is 0 Å². The molecule has 0 aliphatic carbocycles. The van der Waals surface area contributed by atoms with Crippen LogP contribution >= 0.6 is 0 Å². The summed E-state index contributed by atoms with van der Waals surface area (Å²) in [5.74, 6) is 0.383. The normalized spacial score (nSPS) is 11.5. The lowest BCUT2D eigenvalue weighted by atomic mass is 10.2. The van der Waals surface area contributed by atoms with Crippen molar-refractivity contribution < 1.29 is 5.11 Å². The molecule has 0 aliphatic heterocycles. The summed E-state index contributed by atoms with van der Waals surface area (Å²) in [6, 6.07) is 7.90. The molecule has 0 amide bonds. The molecule has 82 valence electrons. The molecule has 4 N–H and O–H groups in total. The van der Waals surface area contributed by atoms with Gasteiger partial charge in [0.25, 0.3) is 0 Å². The van der Waals surface area contributed by atoms with E-state index in [2.05, 4.69) is 10.3 Å². The first kappa shape index (κ1) is 11.5. The first-order valence-corrected chi connectivity index (χ1v) is 4.97. The van der Waals surface area contributed by atoms with E-state index in [1.807, 2.05) is 31.2 Å². The third kappa shape index (κ3) is 4.46. The van der Waals surface area contributed by atoms with Gasteiger partial charge in [0.05, 0.1) is 0 Å². The van der Waals surface area contributed by atoms with Gasteiger partial charge in [0.15, 0.2) is 5.96 Å². The predicted octanol–water partition coefficient (Wildman–Crippen LogP) is 1.10. The number of aliphatic imine (C=N–C) groups is 1. The molecule has 1 rings (SSSR count). The van der Waals surface area contributed by atoms with E-state index in [0.29, 0.717) is 18.9 Å². The third-order valence-electron chi connectivity index (χ3n) is 1.89. The summed E-state index contributed by atoms with van der Waals surface area (Å²) in [5.41, 5.74) is 7.75. The van der Waals surface area contributed by atoms with E-state index in [4.69, 9.17) is 10.8 Å². The smallest absolute Gasteiger partial charge is 0.193 e. The number of benzene rings is 1. The molecule has 4 nitrogen and oxygen atoms in total. The zero-order valence-corrected chi connectivity index (χ0v) is 8.90. The molecular weight excluding hydrogens is 190 g/mol. The van der Waals surface area contributed by atoms with Crippen LogP contribution in [0.25, 0.3) is 0 Å². The number of hydrogen-bond acceptors (Lipinski definition) is 2. The van der Waals surface area contributed by atoms with Gasteiger partial charge in [-0.25, -0.2) is 0 Å². The Morgan fingerprint density at radius 1 is 1.53 bits per heavy atom. The second kappa shape index (κ2) is 6.03. The highest BCUT2D eigenvalue weighted by Crippen LogP contribution is 2.08. The third-order valence-corrected chi connectivity index (χ3v) is 1.89. The van der Waals surface area contributed by atoms with Gasteiger partial charge in [0.2, 0.25) is 0 Å². The Labute approximate surface area is 89.8 Å². The summed E-state index contributed by atoms with van der Waals surface area (Å²) in [6.45, 7) is 2.70. The highest BCUT2D eigenvalue weighted by molar-refractivity contribution is 5.92. The summed E-state index contributed by atoms with van der Waals surface area (Å²) in [6.07, 6.45) is 0.635. The van der Waals surface area contributed by atoms with Crippen LogP contribution in [0.1, 0.15) is 12.0 Å². The van der Waals surface area contributed by atoms with Crippen molar-refractivity contribution in [3.8, 4) is 0 Å². The Kier molecular flexibility index (Phi) is 4.63. The van der Waals surface area contributed by atoms with Gasteiger partial charge in [0, 0.05) is 18.8 Å². The van der Waals surface area contributed by atoms with Crippen LogP contribution in [-0.2, 0) is 0 Å². The lowest BCUT2D eigenvalue weighted by Gasteiger charge is -2.05. The summed E-state index contributed by atoms with van der Waals surface area (Å²) < 4.78 is 0. The molecule has 0 bridgehead atoms. The molecular formula is C11H17N3O. The van der Waals surface area contributed by atoms with E-state index >= 15 is 0 Å². The molecule has 0 heterocycles. The molecule has 0 saturated carbocycles. The molecule has 0 aliphatic rings. The Hall–Kier alpha value is -1.55. The fraction of sp³-hybridized carbons (Fsp3) is 0.364. The van der Waals surface area contributed by atoms with Crippen molar-refractivity contribution in [1.82, 2.24) is 0 Å². The maximum Gasteiger partial charge on any atom is 0.193 e. The van der Waals surface area contributed by atoms with E-state index in [-0.39, 0.29) is 6.61 Å². The highest BCUT2D eigenvalue weighted by Gasteiger charge is 1.94. The minimum Gasteiger partial charge on any atom is -0.396 e. The van der Waals surface area contributed by atoms with E-state index < -0.39 is 0 Å². The Morgan fingerprint density at radius 3 is 3.00 bits per heavy atom. The molecule has 0 fully saturated rings. The van der Waals surface area contributed by atoms with Crippen LogP contribution in [0.5, 0.6) is 0 Å². The predicted molar refractivity (Wildman–Crippen MR) is 63.0 cm³/mol. The monoisotopic (exact) mass is 207 g/mol. The van der Waals surface area contributed by atoms with Gasteiger partial charge in [-0.15, -0.1) is 0 Å². The number of anilines is 1. The Balaban J connectivity index is 2.50. The minimum atomic E-state index is 0.140. The molecule has 1 aromatic rings. The van der Waals surface area contributed by atoms with Crippen molar-refractivity contribution in [2.75, 3.05) is 18.5 Å². The summed E-state index contributed by atoms with van der Waals surface area (Å²) >= 11 is 0. The van der Waals surface area contributed by atoms with Crippen LogP contribution < -0.4 is 11.1 Å². The van der Waals surface area contributed by atoms with Crippen molar-refractivity contribution in [1.29, 1.82) is 0 Å². The van der Waals surface area contributed by atoms with Crippen LogP contribution in [0.4, 0.5) is 5.69 Å². The second-order valence-corrected chi connectivity index (χ2v) is 3.34. The average Bonchev–Trinajstić information content (AvgIpc) is 2.18. The number of rotatable bonds is 4. The molecule has 0 saturated heterocycles. The van der Waals surface area contributed by atoms with Crippen molar-refractivity contribution in [3.05, 3.63) is 29.8 Å². The van der Waals surface area contributed by atoms with E-state index in [1.54, 1.807) is 0 Å². The Bertz CT molecular complexity index is 336. The number of aryl methyl sites for hydroxylation is 1. The van der Waals surface area contributed by atoms with Gasteiger partial charge in [0.1, 0.15) is 0 Å². The molecule has 0 atom stereocenters. The van der Waals surface area contributed by atoms with Crippen molar-refractivity contribution in [2.45, 2.75) is 13.3 Å². The SMILES string of the molecule is Cc1cccc(NC(N)=NCCCO)c1. The van der Waals surface area contributed by atoms with Crippen molar-refractivity contribution in [3.63, 3.8) is 0 Å². The van der Waals surface area contributed by atoms with Gasteiger partial charge in [-0.05, 0) is 31.0 Å². The molecule has 0 spiro atoms. The van der Waals surface area contributed by atoms with E-state index in [0.717, 1.165) is 5.69 Å². The zero-order chi connectivity index (χ0) is 11.1. The number of nitrogens with one attached hydrogen (secondary N) is 1. The van der Waals surface area contributed by atoms with Gasteiger partial charge < -0.3 is 16.2 Å². The van der Waals surface area contributed by atoms with E-state index in [9.17, 15) is 0 Å². The number of aliphatic hydroxyl groups excluding tert-OH is 1. The first-order valence-electron chi connectivity index (χ1n) is 4.97. The molecule has 15 heavy (non-hydrogen) atoms. The highest BCUT2D eigenvalue weighted by atomic mass is 16.3. The summed E-state index contributed by atoms with van der Waals surface area (Å²) in [7, 11) is 0. The lowest BCUT2D eigenvalue weighted by Crippen LogP contribution is -2.22. The molecule has 0 unspecified atom stereocenters. The molecule has 1 aromatic carbocycles. The average molecular weight is 207 g/mol. The zero-order valence-electron chi connectivity index (χ0n) is 8.90. The minimum absolute atomic E-state index is 0.140. The molecule has 0 aromatic heterocycles. The standard InChI is InChI=1S/C11H17N3O/c1-9-4-2-5-10(8-9)14-11(12)13-6-3-7-15/h2,4-5,8,15H,3,6-7H2,1H3,(H3,12,13,14). The van der Waals surface area contributed by atoms with Crippen LogP contribution in [0.15, 0.2) is 29.3 Å². The van der Waals surface area contributed by atoms with E-state index in [1.165, 1.54) is 5.56 Å². The first-order chi connectivity index (χ1) is 7.22. The number of guanidine groups is 1. The Morgan fingerprint density at radius 2 is 2.33 bits per heavy atom. The maximum atomic E-state index is 8.57. The maximum absolute atomic E-state index is 8.57. The number of nitrogens with zero attached hydrogens (tertiary/aromatic N) is 1. The quantitative estimate of drug-likeness (QED) is 0.393. The van der Waals surface area contributed by atoms with Gasteiger partial charge in [-0.1, -0.05) is 12.1 Å². The van der Waals surface area contributed by atoms with Gasteiger partial charge >= 0.3 is 0 Å². The molecule has 4 heteroatoms. The largest absolute Gasteiger partial charge is 0.396 e. The molecule has 0 radical (unpaired) electrons. The topological polar surface area (TPSA) is 70.6 Å². The van der Waals surface area contributed by atoms with Crippen molar-refractivity contribution >= 4 is 11.6 Å². The number of hydrogen-bond donors (Lipinski definition) is 3. The van der Waals surface area contributed by atoms with Crippen LogP contribution in [0, 0.1) is 6.92 Å². The summed E-state index contributed by atoms with van der Waals surface area (Å²) in [4.78, 5) is 4.06. The number of nitrogens with two attached hydrogens (primary N) is 1. The lowest BCUT2D eigenvalue weighted by molar-refractivity contribution is 0.291. The van der Waals surface area contributed by atoms with Crippen LogP contribution in [0.2, 0.25) is 0 Å². The fourth-order valence-corrected chi connectivity index (χ4v) is 1.18. The van der Waals surface area contributed by atoms with Gasteiger partial charge in [-0.3, -0.25) is 4.99 Å². The van der Waals surface area contributed by atoms with Crippen molar-refractivity contribution in [2.24, 2.45) is 10.7 Å². The number of aliphatic hydroxyl groups is 1. The fourth-order valence-electron chi connectivity index (χ4n) is 1.18. The van der Waals surface area contributed by atoms with Crippen LogP contribution in [0.3, 0.4) is 0 Å².